The molecular weight excluding hydrogens is 288 g/mol. The van der Waals surface area contributed by atoms with Crippen LogP contribution in [0.25, 0.3) is 0 Å². The maximum atomic E-state index is 12.2. The van der Waals surface area contributed by atoms with Gasteiger partial charge in [0.1, 0.15) is 5.00 Å². The van der Waals surface area contributed by atoms with E-state index in [1.165, 1.54) is 11.3 Å². The van der Waals surface area contributed by atoms with Gasteiger partial charge in [0, 0.05) is 11.3 Å². The van der Waals surface area contributed by atoms with Crippen molar-refractivity contribution in [3.63, 3.8) is 0 Å². The van der Waals surface area contributed by atoms with Gasteiger partial charge in [-0.05, 0) is 44.7 Å². The number of carbonyl (C=O) groups is 2. The van der Waals surface area contributed by atoms with Gasteiger partial charge in [0.15, 0.2) is 0 Å². The summed E-state index contributed by atoms with van der Waals surface area (Å²) in [6.07, 6.45) is 3.57. The van der Waals surface area contributed by atoms with Crippen molar-refractivity contribution in [2.45, 2.75) is 39.5 Å². The highest BCUT2D eigenvalue weighted by atomic mass is 32.1. The second-order valence-electron chi connectivity index (χ2n) is 5.60. The van der Waals surface area contributed by atoms with Gasteiger partial charge in [-0.1, -0.05) is 6.42 Å². The van der Waals surface area contributed by atoms with E-state index in [9.17, 15) is 9.59 Å². The van der Waals surface area contributed by atoms with Crippen LogP contribution >= 0.6 is 11.3 Å². The van der Waals surface area contributed by atoms with E-state index >= 15 is 0 Å². The highest BCUT2D eigenvalue weighted by molar-refractivity contribution is 7.16. The fraction of sp³-hybridized carbons (Fsp3) is 0.600. The third kappa shape index (κ3) is 3.63. The number of carbonyl (C=O) groups excluding carboxylic acids is 2. The van der Waals surface area contributed by atoms with Crippen molar-refractivity contribution in [1.82, 2.24) is 0 Å². The molecule has 2 rings (SSSR count). The number of anilines is 1. The van der Waals surface area contributed by atoms with Crippen molar-refractivity contribution in [2.75, 3.05) is 18.5 Å². The van der Waals surface area contributed by atoms with E-state index in [1.807, 2.05) is 6.92 Å². The van der Waals surface area contributed by atoms with Gasteiger partial charge in [0.2, 0.25) is 5.91 Å². The Balaban J connectivity index is 2.05. The number of nitrogens with two attached hydrogens (primary N) is 1. The summed E-state index contributed by atoms with van der Waals surface area (Å²) in [4.78, 5) is 25.1. The summed E-state index contributed by atoms with van der Waals surface area (Å²) in [5.41, 5.74) is 6.17. The molecule has 21 heavy (non-hydrogen) atoms. The Morgan fingerprint density at radius 2 is 2.19 bits per heavy atom. The van der Waals surface area contributed by atoms with Crippen LogP contribution in [0.2, 0.25) is 0 Å². The van der Waals surface area contributed by atoms with Crippen LogP contribution in [0.15, 0.2) is 6.07 Å². The van der Waals surface area contributed by atoms with Gasteiger partial charge in [-0.3, -0.25) is 4.79 Å². The Morgan fingerprint density at radius 3 is 2.71 bits per heavy atom. The lowest BCUT2D eigenvalue weighted by Gasteiger charge is -2.40. The first-order valence-corrected chi connectivity index (χ1v) is 8.09. The lowest BCUT2D eigenvalue weighted by atomic mass is 9.66. The first kappa shape index (κ1) is 16.0. The van der Waals surface area contributed by atoms with E-state index in [0.29, 0.717) is 30.1 Å². The first-order valence-electron chi connectivity index (χ1n) is 7.27. The van der Waals surface area contributed by atoms with Gasteiger partial charge in [-0.25, -0.2) is 4.79 Å². The van der Waals surface area contributed by atoms with Crippen LogP contribution in [0.4, 0.5) is 5.00 Å². The predicted octanol–water partition coefficient (Wildman–Crippen LogP) is 2.69. The Bertz CT molecular complexity index is 530. The minimum Gasteiger partial charge on any atom is -0.462 e. The highest BCUT2D eigenvalue weighted by Gasteiger charge is 2.37. The first-order chi connectivity index (χ1) is 9.99. The number of thiophene rings is 1. The summed E-state index contributed by atoms with van der Waals surface area (Å²) in [5, 5.41) is 3.42. The molecule has 0 saturated heterocycles. The SMILES string of the molecule is CCOC(=O)c1cc(C)sc1NC(=O)CC1(CN)CCC1. The molecule has 0 atom stereocenters. The molecule has 1 aromatic rings. The van der Waals surface area contributed by atoms with Gasteiger partial charge < -0.3 is 15.8 Å². The van der Waals surface area contributed by atoms with Gasteiger partial charge in [0.25, 0.3) is 0 Å². The zero-order valence-corrected chi connectivity index (χ0v) is 13.3. The fourth-order valence-electron chi connectivity index (χ4n) is 2.61. The van der Waals surface area contributed by atoms with Crippen LogP contribution in [-0.4, -0.2) is 25.0 Å². The maximum absolute atomic E-state index is 12.2. The van der Waals surface area contributed by atoms with Crippen LogP contribution in [0.5, 0.6) is 0 Å². The molecule has 116 valence electrons. The zero-order chi connectivity index (χ0) is 15.5. The molecule has 1 aliphatic carbocycles. The van der Waals surface area contributed by atoms with E-state index < -0.39 is 5.97 Å². The normalized spacial score (nSPS) is 16.1. The number of rotatable bonds is 6. The van der Waals surface area contributed by atoms with Crippen molar-refractivity contribution in [1.29, 1.82) is 0 Å². The van der Waals surface area contributed by atoms with Crippen LogP contribution in [0, 0.1) is 12.3 Å². The van der Waals surface area contributed by atoms with E-state index in [0.717, 1.165) is 24.1 Å². The third-order valence-electron chi connectivity index (χ3n) is 3.99. The average molecular weight is 310 g/mol. The number of hydrogen-bond donors (Lipinski definition) is 2. The van der Waals surface area contributed by atoms with Gasteiger partial charge in [-0.2, -0.15) is 0 Å². The smallest absolute Gasteiger partial charge is 0.341 e. The number of amides is 1. The molecule has 5 nitrogen and oxygen atoms in total. The van der Waals surface area contributed by atoms with Gasteiger partial charge >= 0.3 is 5.97 Å². The van der Waals surface area contributed by atoms with Crippen LogP contribution in [0.1, 0.15) is 47.8 Å². The van der Waals surface area contributed by atoms with Crippen molar-refractivity contribution in [3.05, 3.63) is 16.5 Å². The summed E-state index contributed by atoms with van der Waals surface area (Å²) >= 11 is 1.39. The molecule has 1 amide bonds. The molecular formula is C15H22N2O3S. The summed E-state index contributed by atoms with van der Waals surface area (Å²) in [5.74, 6) is -0.470. The molecule has 1 aliphatic rings. The number of hydrogen-bond acceptors (Lipinski definition) is 5. The molecule has 0 spiro atoms. The summed E-state index contributed by atoms with van der Waals surface area (Å²) in [7, 11) is 0. The minimum absolute atomic E-state index is 0.0412. The van der Waals surface area contributed by atoms with Crippen molar-refractivity contribution < 1.29 is 14.3 Å². The number of ether oxygens (including phenoxy) is 1. The van der Waals surface area contributed by atoms with Crippen LogP contribution in [0.3, 0.4) is 0 Å². The van der Waals surface area contributed by atoms with E-state index in [-0.39, 0.29) is 11.3 Å². The molecule has 1 saturated carbocycles. The standard InChI is InChI=1S/C15H22N2O3S/c1-3-20-14(19)11-7-10(2)21-13(11)17-12(18)8-15(9-16)5-4-6-15/h7H,3-6,8-9,16H2,1-2H3,(H,17,18). The summed E-state index contributed by atoms with van der Waals surface area (Å²) in [6.45, 7) is 4.51. The van der Waals surface area contributed by atoms with Crippen molar-refractivity contribution in [3.8, 4) is 0 Å². The maximum Gasteiger partial charge on any atom is 0.341 e. The molecule has 6 heteroatoms. The molecule has 0 radical (unpaired) electrons. The minimum atomic E-state index is -0.394. The van der Waals surface area contributed by atoms with Gasteiger partial charge in [-0.15, -0.1) is 11.3 Å². The number of nitrogens with one attached hydrogen (secondary N) is 1. The second kappa shape index (κ2) is 6.58. The van der Waals surface area contributed by atoms with E-state index in [2.05, 4.69) is 5.32 Å². The molecule has 0 unspecified atom stereocenters. The third-order valence-corrected chi connectivity index (χ3v) is 4.95. The zero-order valence-electron chi connectivity index (χ0n) is 12.5. The second-order valence-corrected chi connectivity index (χ2v) is 6.86. The Kier molecular flexibility index (Phi) is 5.00. The number of aryl methyl sites for hydroxylation is 1. The number of esters is 1. The van der Waals surface area contributed by atoms with Crippen molar-refractivity contribution >= 4 is 28.2 Å². The Labute approximate surface area is 128 Å². The monoisotopic (exact) mass is 310 g/mol. The Hall–Kier alpha value is -1.40. The van der Waals surface area contributed by atoms with E-state index in [1.54, 1.807) is 13.0 Å². The van der Waals surface area contributed by atoms with Gasteiger partial charge in [0.05, 0.1) is 12.2 Å². The molecule has 1 fully saturated rings. The van der Waals surface area contributed by atoms with Crippen molar-refractivity contribution in [2.24, 2.45) is 11.1 Å². The summed E-state index contributed by atoms with van der Waals surface area (Å²) < 4.78 is 5.01. The fourth-order valence-corrected chi connectivity index (χ4v) is 3.52. The molecule has 1 aromatic heterocycles. The predicted molar refractivity (Wildman–Crippen MR) is 83.6 cm³/mol. The lowest BCUT2D eigenvalue weighted by molar-refractivity contribution is -0.119. The quantitative estimate of drug-likeness (QED) is 0.792. The molecule has 0 aromatic carbocycles. The largest absolute Gasteiger partial charge is 0.462 e. The van der Waals surface area contributed by atoms with Crippen LogP contribution in [-0.2, 0) is 9.53 Å². The topological polar surface area (TPSA) is 81.4 Å². The van der Waals surface area contributed by atoms with Crippen LogP contribution < -0.4 is 11.1 Å². The highest BCUT2D eigenvalue weighted by Crippen LogP contribution is 2.43. The van der Waals surface area contributed by atoms with E-state index in [4.69, 9.17) is 10.5 Å². The average Bonchev–Trinajstić information content (AvgIpc) is 2.75. The lowest BCUT2D eigenvalue weighted by Crippen LogP contribution is -2.40. The molecule has 1 heterocycles. The summed E-state index contributed by atoms with van der Waals surface area (Å²) in [6, 6.07) is 1.75. The Morgan fingerprint density at radius 1 is 1.48 bits per heavy atom. The molecule has 0 bridgehead atoms. The molecule has 0 aliphatic heterocycles. The molecule has 3 N–H and O–H groups in total.